The first-order valence-corrected chi connectivity index (χ1v) is 7.72. The number of aromatic nitrogens is 2. The monoisotopic (exact) mass is 306 g/mol. The van der Waals surface area contributed by atoms with Crippen LogP contribution >= 0.6 is 0 Å². The zero-order valence-electron chi connectivity index (χ0n) is 13.0. The highest BCUT2D eigenvalue weighted by Gasteiger charge is 2.31. The molecule has 7 nitrogen and oxygen atoms in total. The second-order valence-corrected chi connectivity index (χ2v) is 5.82. The van der Waals surface area contributed by atoms with Gasteiger partial charge in [-0.2, -0.15) is 9.97 Å². The lowest BCUT2D eigenvalue weighted by Crippen LogP contribution is -2.44. The number of amides is 1. The smallest absolute Gasteiger partial charge is 0.231 e. The molecule has 120 valence electrons. The van der Waals surface area contributed by atoms with E-state index in [0.29, 0.717) is 30.3 Å². The van der Waals surface area contributed by atoms with E-state index in [2.05, 4.69) is 15.3 Å². The van der Waals surface area contributed by atoms with Crippen molar-refractivity contribution in [3.63, 3.8) is 0 Å². The van der Waals surface area contributed by atoms with Gasteiger partial charge in [-0.15, -0.1) is 0 Å². The molecule has 1 atom stereocenters. The SMILES string of the molecule is COc1cc(OC)nc(N2CCCC(C(=O)NC3CC3)C2)n1. The Morgan fingerprint density at radius 1 is 1.23 bits per heavy atom. The van der Waals surface area contributed by atoms with Crippen LogP contribution in [0.2, 0.25) is 0 Å². The maximum atomic E-state index is 12.2. The molecule has 22 heavy (non-hydrogen) atoms. The van der Waals surface area contributed by atoms with E-state index in [1.54, 1.807) is 20.3 Å². The second kappa shape index (κ2) is 6.37. The van der Waals surface area contributed by atoms with Crippen LogP contribution < -0.4 is 19.7 Å². The molecular weight excluding hydrogens is 284 g/mol. The van der Waals surface area contributed by atoms with Gasteiger partial charge in [0.1, 0.15) is 0 Å². The minimum Gasteiger partial charge on any atom is -0.481 e. The quantitative estimate of drug-likeness (QED) is 0.874. The highest BCUT2D eigenvalue weighted by atomic mass is 16.5. The normalized spacial score (nSPS) is 21.4. The van der Waals surface area contributed by atoms with Crippen LogP contribution in [-0.4, -0.2) is 49.2 Å². The van der Waals surface area contributed by atoms with Gasteiger partial charge < -0.3 is 19.7 Å². The van der Waals surface area contributed by atoms with E-state index in [4.69, 9.17) is 9.47 Å². The number of carbonyl (C=O) groups excluding carboxylic acids is 1. The Morgan fingerprint density at radius 3 is 2.50 bits per heavy atom. The minimum absolute atomic E-state index is 0.00449. The minimum atomic E-state index is -0.00449. The summed E-state index contributed by atoms with van der Waals surface area (Å²) < 4.78 is 10.4. The zero-order valence-corrected chi connectivity index (χ0v) is 13.0. The topological polar surface area (TPSA) is 76.6 Å². The van der Waals surface area contributed by atoms with Crippen molar-refractivity contribution in [2.24, 2.45) is 5.92 Å². The summed E-state index contributed by atoms with van der Waals surface area (Å²) in [4.78, 5) is 23.0. The fourth-order valence-electron chi connectivity index (χ4n) is 2.66. The van der Waals surface area contributed by atoms with E-state index >= 15 is 0 Å². The number of ether oxygens (including phenoxy) is 2. The van der Waals surface area contributed by atoms with Crippen molar-refractivity contribution in [3.05, 3.63) is 6.07 Å². The van der Waals surface area contributed by atoms with Gasteiger partial charge in [0.25, 0.3) is 0 Å². The average Bonchev–Trinajstić information content (AvgIpc) is 3.38. The number of anilines is 1. The molecule has 1 N–H and O–H groups in total. The molecule has 3 rings (SSSR count). The van der Waals surface area contributed by atoms with Gasteiger partial charge in [0, 0.05) is 19.1 Å². The summed E-state index contributed by atoms with van der Waals surface area (Å²) in [5.74, 6) is 1.63. The van der Waals surface area contributed by atoms with Crippen molar-refractivity contribution in [1.29, 1.82) is 0 Å². The Bertz CT molecular complexity index is 525. The largest absolute Gasteiger partial charge is 0.481 e. The second-order valence-electron chi connectivity index (χ2n) is 5.82. The number of methoxy groups -OCH3 is 2. The number of nitrogens with one attached hydrogen (secondary N) is 1. The summed E-state index contributed by atoms with van der Waals surface area (Å²) in [5.41, 5.74) is 0. The summed E-state index contributed by atoms with van der Waals surface area (Å²) in [6.45, 7) is 1.47. The van der Waals surface area contributed by atoms with Gasteiger partial charge in [-0.3, -0.25) is 4.79 Å². The van der Waals surface area contributed by atoms with Crippen LogP contribution in [0.5, 0.6) is 11.8 Å². The molecule has 1 saturated heterocycles. The number of piperidine rings is 1. The molecule has 1 aliphatic heterocycles. The van der Waals surface area contributed by atoms with Crippen LogP contribution in [-0.2, 0) is 4.79 Å². The maximum absolute atomic E-state index is 12.2. The van der Waals surface area contributed by atoms with Gasteiger partial charge in [-0.25, -0.2) is 0 Å². The predicted molar refractivity (Wildman–Crippen MR) is 81.2 cm³/mol. The van der Waals surface area contributed by atoms with Crippen molar-refractivity contribution in [2.45, 2.75) is 31.7 Å². The van der Waals surface area contributed by atoms with Crippen molar-refractivity contribution < 1.29 is 14.3 Å². The summed E-state index contributed by atoms with van der Waals surface area (Å²) >= 11 is 0. The van der Waals surface area contributed by atoms with Crippen LogP contribution in [0, 0.1) is 5.92 Å². The summed E-state index contributed by atoms with van der Waals surface area (Å²) in [5, 5.41) is 3.08. The van der Waals surface area contributed by atoms with Crippen LogP contribution in [0.15, 0.2) is 6.07 Å². The van der Waals surface area contributed by atoms with Crippen LogP contribution in [0.1, 0.15) is 25.7 Å². The van der Waals surface area contributed by atoms with Gasteiger partial charge in [0.15, 0.2) is 0 Å². The molecule has 0 radical (unpaired) electrons. The standard InChI is InChI=1S/C15H22N4O3/c1-21-12-8-13(22-2)18-15(17-12)19-7-3-4-10(9-19)14(20)16-11-5-6-11/h8,10-11H,3-7,9H2,1-2H3,(H,16,20). The Hall–Kier alpha value is -2.05. The lowest BCUT2D eigenvalue weighted by Gasteiger charge is -2.32. The maximum Gasteiger partial charge on any atom is 0.231 e. The van der Waals surface area contributed by atoms with Crippen molar-refractivity contribution in [3.8, 4) is 11.8 Å². The lowest BCUT2D eigenvalue weighted by atomic mass is 9.97. The molecular formula is C15H22N4O3. The highest BCUT2D eigenvalue weighted by molar-refractivity contribution is 5.80. The van der Waals surface area contributed by atoms with Crippen LogP contribution in [0.3, 0.4) is 0 Å². The number of rotatable bonds is 5. The van der Waals surface area contributed by atoms with E-state index in [-0.39, 0.29) is 11.8 Å². The Balaban J connectivity index is 1.71. The number of carbonyl (C=O) groups is 1. The highest BCUT2D eigenvalue weighted by Crippen LogP contribution is 2.26. The molecule has 2 aliphatic rings. The fourth-order valence-corrected chi connectivity index (χ4v) is 2.66. The molecule has 1 saturated carbocycles. The van der Waals surface area contributed by atoms with E-state index in [1.165, 1.54) is 0 Å². The molecule has 1 aromatic rings. The van der Waals surface area contributed by atoms with Crippen molar-refractivity contribution >= 4 is 11.9 Å². The molecule has 1 unspecified atom stereocenters. The summed E-state index contributed by atoms with van der Waals surface area (Å²) in [7, 11) is 3.13. The Labute approximate surface area is 130 Å². The number of nitrogens with zero attached hydrogens (tertiary/aromatic N) is 3. The molecule has 1 aromatic heterocycles. The third-order valence-corrected chi connectivity index (χ3v) is 4.08. The Kier molecular flexibility index (Phi) is 4.31. The molecule has 1 aliphatic carbocycles. The summed E-state index contributed by atoms with van der Waals surface area (Å²) in [6.07, 6.45) is 4.08. The van der Waals surface area contributed by atoms with E-state index < -0.39 is 0 Å². The van der Waals surface area contributed by atoms with Gasteiger partial charge in [0.05, 0.1) is 26.2 Å². The molecule has 7 heteroatoms. The molecule has 0 bridgehead atoms. The van der Waals surface area contributed by atoms with E-state index in [9.17, 15) is 4.79 Å². The van der Waals surface area contributed by atoms with Gasteiger partial charge >= 0.3 is 0 Å². The molecule has 2 fully saturated rings. The molecule has 0 aromatic carbocycles. The third kappa shape index (κ3) is 3.40. The van der Waals surface area contributed by atoms with Gasteiger partial charge in [-0.1, -0.05) is 0 Å². The zero-order chi connectivity index (χ0) is 15.5. The first-order chi connectivity index (χ1) is 10.7. The average molecular weight is 306 g/mol. The van der Waals surface area contributed by atoms with Gasteiger partial charge in [-0.05, 0) is 25.7 Å². The summed E-state index contributed by atoms with van der Waals surface area (Å²) in [6, 6.07) is 2.04. The van der Waals surface area contributed by atoms with Crippen LogP contribution in [0.4, 0.5) is 5.95 Å². The number of hydrogen-bond donors (Lipinski definition) is 1. The van der Waals surface area contributed by atoms with E-state index in [0.717, 1.165) is 32.2 Å². The predicted octanol–water partition coefficient (Wildman–Crippen LogP) is 0.989. The third-order valence-electron chi connectivity index (χ3n) is 4.08. The van der Waals surface area contributed by atoms with Crippen LogP contribution in [0.25, 0.3) is 0 Å². The fraction of sp³-hybridized carbons (Fsp3) is 0.667. The number of hydrogen-bond acceptors (Lipinski definition) is 6. The van der Waals surface area contributed by atoms with Crippen molar-refractivity contribution in [2.75, 3.05) is 32.2 Å². The van der Waals surface area contributed by atoms with Gasteiger partial charge in [0.2, 0.25) is 23.6 Å². The first kappa shape index (κ1) is 14.9. The molecule has 2 heterocycles. The van der Waals surface area contributed by atoms with E-state index in [1.807, 2.05) is 4.90 Å². The first-order valence-electron chi connectivity index (χ1n) is 7.72. The Morgan fingerprint density at radius 2 is 1.91 bits per heavy atom. The molecule has 0 spiro atoms. The molecule has 1 amide bonds. The lowest BCUT2D eigenvalue weighted by molar-refractivity contribution is -0.125. The van der Waals surface area contributed by atoms with Crippen molar-refractivity contribution in [1.82, 2.24) is 15.3 Å².